The molecule has 0 aromatic rings. The molecule has 1 unspecified atom stereocenters. The molecule has 1 atom stereocenters. The Morgan fingerprint density at radius 2 is 1.00 bits per heavy atom. The minimum atomic E-state index is -4.32. The van der Waals surface area contributed by atoms with Gasteiger partial charge in [-0.2, -0.15) is 0 Å². The van der Waals surface area contributed by atoms with Gasteiger partial charge >= 0.3 is 29.6 Å². The first kappa shape index (κ1) is 36.9. The van der Waals surface area contributed by atoms with Crippen molar-refractivity contribution >= 4 is 10.1 Å². The van der Waals surface area contributed by atoms with Crippen molar-refractivity contribution in [3.05, 3.63) is 0 Å². The van der Waals surface area contributed by atoms with Gasteiger partial charge in [0.25, 0.3) is 0 Å². The summed E-state index contributed by atoms with van der Waals surface area (Å²) < 4.78 is 46.9. The molecule has 0 amide bonds. The van der Waals surface area contributed by atoms with Crippen LogP contribution < -0.4 is 29.6 Å². The van der Waals surface area contributed by atoms with E-state index >= 15 is 0 Å². The van der Waals surface area contributed by atoms with Gasteiger partial charge in [-0.1, -0.05) is 116 Å². The normalized spacial score (nSPS) is 12.6. The smallest absolute Gasteiger partial charge is 0.746 e. The summed E-state index contributed by atoms with van der Waals surface area (Å²) in [5.41, 5.74) is 0. The van der Waals surface area contributed by atoms with Crippen molar-refractivity contribution < 1.29 is 56.7 Å². The Morgan fingerprint density at radius 1 is 0.618 bits per heavy atom. The Bertz CT molecular complexity index is 490. The van der Waals surface area contributed by atoms with Gasteiger partial charge in [-0.05, 0) is 13.3 Å². The van der Waals surface area contributed by atoms with E-state index in [2.05, 4.69) is 6.92 Å². The van der Waals surface area contributed by atoms with Crippen LogP contribution in [0.2, 0.25) is 0 Å². The third-order valence-electron chi connectivity index (χ3n) is 5.85. The van der Waals surface area contributed by atoms with Gasteiger partial charge in [-0.25, -0.2) is 8.42 Å². The van der Waals surface area contributed by atoms with E-state index in [1.165, 1.54) is 109 Å². The van der Waals surface area contributed by atoms with Crippen LogP contribution in [-0.4, -0.2) is 51.4 Å². The maximum atomic E-state index is 10.4. The van der Waals surface area contributed by atoms with Crippen LogP contribution in [0.1, 0.15) is 129 Å². The Balaban J connectivity index is 0. The molecular weight excluding hydrogens is 463 g/mol. The number of ether oxygens (including phenoxy) is 3. The van der Waals surface area contributed by atoms with Crippen LogP contribution in [-0.2, 0) is 24.3 Å². The zero-order valence-corrected chi connectivity index (χ0v) is 25.5. The molecule has 6 nitrogen and oxygen atoms in total. The average Bonchev–Trinajstić information content (AvgIpc) is 2.77. The fourth-order valence-electron chi connectivity index (χ4n) is 3.86. The molecule has 0 aliphatic heterocycles. The van der Waals surface area contributed by atoms with Crippen molar-refractivity contribution in [3.8, 4) is 0 Å². The van der Waals surface area contributed by atoms with E-state index in [1.54, 1.807) is 0 Å². The number of hydrogen-bond donors (Lipinski definition) is 0. The zero-order valence-electron chi connectivity index (χ0n) is 22.7. The molecule has 0 aromatic heterocycles. The van der Waals surface area contributed by atoms with Crippen LogP contribution in [0.25, 0.3) is 0 Å². The van der Waals surface area contributed by atoms with Gasteiger partial charge < -0.3 is 18.8 Å². The van der Waals surface area contributed by atoms with Gasteiger partial charge in [-0.3, -0.25) is 0 Å². The third-order valence-corrected chi connectivity index (χ3v) is 6.31. The van der Waals surface area contributed by atoms with Crippen LogP contribution in [0.15, 0.2) is 0 Å². The summed E-state index contributed by atoms with van der Waals surface area (Å²) in [7, 11) is -4.32. The number of rotatable bonds is 27. The van der Waals surface area contributed by atoms with Crippen LogP contribution in [0.4, 0.5) is 0 Å². The van der Waals surface area contributed by atoms with Crippen LogP contribution in [0, 0.1) is 0 Å². The van der Waals surface area contributed by atoms with Crippen LogP contribution >= 0.6 is 0 Å². The van der Waals surface area contributed by atoms with Gasteiger partial charge in [0.15, 0.2) is 0 Å². The number of hydrogen-bond acceptors (Lipinski definition) is 6. The molecule has 0 fully saturated rings. The van der Waals surface area contributed by atoms with Crippen molar-refractivity contribution in [1.82, 2.24) is 0 Å². The van der Waals surface area contributed by atoms with Crippen molar-refractivity contribution in [1.29, 1.82) is 0 Å². The Morgan fingerprint density at radius 3 is 1.41 bits per heavy atom. The summed E-state index contributed by atoms with van der Waals surface area (Å²) in [6.45, 7) is 5.76. The van der Waals surface area contributed by atoms with E-state index in [0.29, 0.717) is 6.61 Å². The first-order valence-corrected chi connectivity index (χ1v) is 15.2. The fourth-order valence-corrected chi connectivity index (χ4v) is 4.19. The minimum absolute atomic E-state index is 0. The Labute approximate surface area is 233 Å². The van der Waals surface area contributed by atoms with E-state index in [0.717, 1.165) is 13.0 Å². The summed E-state index contributed by atoms with van der Waals surface area (Å²) in [4.78, 5) is 0. The van der Waals surface area contributed by atoms with Crippen molar-refractivity contribution in [2.45, 2.75) is 136 Å². The topological polar surface area (TPSA) is 84.9 Å². The first-order valence-electron chi connectivity index (χ1n) is 13.7. The molecule has 0 radical (unpaired) electrons. The Hall–Kier alpha value is 0.790. The Kier molecular flexibility index (Phi) is 30.8. The number of unbranched alkanes of at least 4 members (excludes halogenated alkanes) is 17. The van der Waals surface area contributed by atoms with Crippen molar-refractivity contribution in [2.24, 2.45) is 0 Å². The second-order valence-corrected chi connectivity index (χ2v) is 10.7. The van der Waals surface area contributed by atoms with Gasteiger partial charge in [0.05, 0.1) is 25.9 Å². The summed E-state index contributed by atoms with van der Waals surface area (Å²) in [6.07, 6.45) is 24.7. The largest absolute Gasteiger partial charge is 1.00 e. The van der Waals surface area contributed by atoms with E-state index in [9.17, 15) is 13.0 Å². The predicted molar refractivity (Wildman–Crippen MR) is 136 cm³/mol. The molecule has 0 aliphatic rings. The maximum absolute atomic E-state index is 10.4. The van der Waals surface area contributed by atoms with Gasteiger partial charge in [0.1, 0.15) is 16.1 Å². The first-order chi connectivity index (χ1) is 16.0. The van der Waals surface area contributed by atoms with Crippen molar-refractivity contribution in [3.63, 3.8) is 0 Å². The molecule has 0 saturated heterocycles. The molecular formula is C26H53NaO6S. The molecule has 200 valence electrons. The van der Waals surface area contributed by atoms with Crippen molar-refractivity contribution in [2.75, 3.05) is 32.4 Å². The summed E-state index contributed by atoms with van der Waals surface area (Å²) in [6, 6.07) is 0. The van der Waals surface area contributed by atoms with Crippen LogP contribution in [0.3, 0.4) is 0 Å². The minimum Gasteiger partial charge on any atom is -0.746 e. The molecule has 0 aliphatic carbocycles. The second kappa shape index (κ2) is 28.4. The molecule has 0 heterocycles. The summed E-state index contributed by atoms with van der Waals surface area (Å²) in [5, 5.41) is 0. The average molecular weight is 517 g/mol. The van der Waals surface area contributed by atoms with E-state index in [1.807, 2.05) is 6.92 Å². The second-order valence-electron chi connectivity index (χ2n) is 9.35. The molecule has 0 aromatic carbocycles. The molecule has 0 N–H and O–H groups in total. The maximum Gasteiger partial charge on any atom is 1.00 e. The van der Waals surface area contributed by atoms with Crippen LogP contribution in [0.5, 0.6) is 0 Å². The molecule has 0 rings (SSSR count). The standard InChI is InChI=1S/C26H54O6S.Na/c1-3-4-5-6-7-8-9-10-11-12-13-14-15-16-17-18-19-20-21-32-26(2)24-30-22-23-31-25-33(27,28)29;/h26H,3-25H2,1-2H3,(H,27,28,29);/q;+1/p-1. The van der Waals surface area contributed by atoms with E-state index in [4.69, 9.17) is 14.2 Å². The third kappa shape index (κ3) is 32.8. The summed E-state index contributed by atoms with van der Waals surface area (Å²) >= 11 is 0. The quantitative estimate of drug-likeness (QED) is 0.0933. The molecule has 0 bridgehead atoms. The van der Waals surface area contributed by atoms with Gasteiger partial charge in [-0.15, -0.1) is 0 Å². The molecule has 8 heteroatoms. The predicted octanol–water partition coefficient (Wildman–Crippen LogP) is 3.97. The van der Waals surface area contributed by atoms with Gasteiger partial charge in [0, 0.05) is 6.61 Å². The molecule has 34 heavy (non-hydrogen) atoms. The van der Waals surface area contributed by atoms with Gasteiger partial charge in [0.2, 0.25) is 0 Å². The zero-order chi connectivity index (χ0) is 24.5. The fraction of sp³-hybridized carbons (Fsp3) is 1.00. The monoisotopic (exact) mass is 516 g/mol. The van der Waals surface area contributed by atoms with E-state index in [-0.39, 0.29) is 48.9 Å². The SMILES string of the molecule is CCCCCCCCCCCCCCCCCCCCOC(C)COCCOCS(=O)(=O)[O-].[Na+]. The molecule has 0 spiro atoms. The van der Waals surface area contributed by atoms with E-state index < -0.39 is 16.1 Å². The molecule has 0 saturated carbocycles. The summed E-state index contributed by atoms with van der Waals surface area (Å²) in [5.74, 6) is -0.804.